The normalized spacial score (nSPS) is 15.2. The molecule has 3 aromatic rings. The number of nitrogens with zero attached hydrogens (tertiary/aromatic N) is 2. The molecule has 0 spiro atoms. The molecule has 0 aliphatic carbocycles. The molecule has 1 aliphatic heterocycles. The summed E-state index contributed by atoms with van der Waals surface area (Å²) in [6.07, 6.45) is 2.20. The fraction of sp³-hybridized carbons (Fsp3) is 0.190. The van der Waals surface area contributed by atoms with Crippen molar-refractivity contribution in [2.24, 2.45) is 0 Å². The third kappa shape index (κ3) is 3.88. The van der Waals surface area contributed by atoms with Gasteiger partial charge in [-0.2, -0.15) is 5.10 Å². The maximum absolute atomic E-state index is 12.4. The highest BCUT2D eigenvalue weighted by molar-refractivity contribution is 6.39. The van der Waals surface area contributed by atoms with E-state index in [9.17, 15) is 9.59 Å². The number of para-hydroxylation sites is 1. The van der Waals surface area contributed by atoms with Crippen molar-refractivity contribution < 1.29 is 14.3 Å². The average Bonchev–Trinajstić information content (AvgIpc) is 3.15. The van der Waals surface area contributed by atoms with Crippen LogP contribution in [0.3, 0.4) is 0 Å². The van der Waals surface area contributed by atoms with Gasteiger partial charge in [0.25, 0.3) is 0 Å². The maximum Gasteiger partial charge on any atom is 0.314 e. The molecule has 4 rings (SSSR count). The number of nitrogens with one attached hydrogen (secondary N) is 2. The van der Waals surface area contributed by atoms with Crippen molar-refractivity contribution in [3.63, 3.8) is 0 Å². The Labute approximate surface area is 162 Å². The van der Waals surface area contributed by atoms with Crippen molar-refractivity contribution in [2.45, 2.75) is 19.0 Å². The quantitative estimate of drug-likeness (QED) is 0.685. The molecular weight excluding hydrogens is 356 g/mol. The Morgan fingerprint density at radius 2 is 1.82 bits per heavy atom. The van der Waals surface area contributed by atoms with E-state index < -0.39 is 11.8 Å². The van der Waals surface area contributed by atoms with Crippen LogP contribution in [-0.4, -0.2) is 28.2 Å². The van der Waals surface area contributed by atoms with E-state index in [0.717, 1.165) is 16.9 Å². The van der Waals surface area contributed by atoms with Crippen LogP contribution in [0.15, 0.2) is 66.9 Å². The SMILES string of the molecule is O=C(Nc1ccnn1Cc1ccccc1)C(=O)N[C@@H]1CCOc2ccccc21. The molecule has 7 nitrogen and oxygen atoms in total. The molecule has 142 valence electrons. The maximum atomic E-state index is 12.4. The highest BCUT2D eigenvalue weighted by atomic mass is 16.5. The summed E-state index contributed by atoms with van der Waals surface area (Å²) in [5, 5.41) is 9.66. The van der Waals surface area contributed by atoms with E-state index in [1.165, 1.54) is 0 Å². The first-order valence-electron chi connectivity index (χ1n) is 9.10. The van der Waals surface area contributed by atoms with Crippen molar-refractivity contribution in [3.05, 3.63) is 78.0 Å². The van der Waals surface area contributed by atoms with E-state index >= 15 is 0 Å². The highest BCUT2D eigenvalue weighted by Crippen LogP contribution is 2.31. The number of anilines is 1. The minimum Gasteiger partial charge on any atom is -0.493 e. The number of amides is 2. The van der Waals surface area contributed by atoms with Crippen LogP contribution in [0.2, 0.25) is 0 Å². The third-order valence-electron chi connectivity index (χ3n) is 4.60. The first kappa shape index (κ1) is 17.8. The van der Waals surface area contributed by atoms with Crippen LogP contribution in [0.25, 0.3) is 0 Å². The molecule has 0 saturated heterocycles. The molecule has 7 heteroatoms. The Bertz CT molecular complexity index is 984. The number of aromatic nitrogens is 2. The highest BCUT2D eigenvalue weighted by Gasteiger charge is 2.25. The van der Waals surface area contributed by atoms with Gasteiger partial charge in [-0.15, -0.1) is 0 Å². The van der Waals surface area contributed by atoms with Gasteiger partial charge in [0, 0.05) is 18.1 Å². The molecule has 2 amide bonds. The lowest BCUT2D eigenvalue weighted by molar-refractivity contribution is -0.136. The Balaban J connectivity index is 1.41. The van der Waals surface area contributed by atoms with Crippen LogP contribution in [0.4, 0.5) is 5.82 Å². The van der Waals surface area contributed by atoms with Crippen molar-refractivity contribution in [1.29, 1.82) is 0 Å². The summed E-state index contributed by atoms with van der Waals surface area (Å²) in [6, 6.07) is 18.7. The van der Waals surface area contributed by atoms with Crippen LogP contribution >= 0.6 is 0 Å². The van der Waals surface area contributed by atoms with Crippen molar-refractivity contribution >= 4 is 17.6 Å². The number of fused-ring (bicyclic) bond motifs is 1. The summed E-state index contributed by atoms with van der Waals surface area (Å²) in [4.78, 5) is 24.8. The van der Waals surface area contributed by atoms with E-state index in [2.05, 4.69) is 15.7 Å². The molecule has 2 N–H and O–H groups in total. The lowest BCUT2D eigenvalue weighted by Gasteiger charge is -2.26. The van der Waals surface area contributed by atoms with Crippen molar-refractivity contribution in [2.75, 3.05) is 11.9 Å². The Morgan fingerprint density at radius 3 is 2.68 bits per heavy atom. The van der Waals surface area contributed by atoms with E-state index in [4.69, 9.17) is 4.74 Å². The van der Waals surface area contributed by atoms with Gasteiger partial charge in [0.2, 0.25) is 0 Å². The van der Waals surface area contributed by atoms with E-state index in [0.29, 0.717) is 25.4 Å². The summed E-state index contributed by atoms with van der Waals surface area (Å²) in [5.41, 5.74) is 1.92. The van der Waals surface area contributed by atoms with Gasteiger partial charge in [0.05, 0.1) is 25.4 Å². The summed E-state index contributed by atoms with van der Waals surface area (Å²) < 4.78 is 7.23. The van der Waals surface area contributed by atoms with E-state index in [1.54, 1.807) is 16.9 Å². The fourth-order valence-electron chi connectivity index (χ4n) is 3.21. The minimum absolute atomic E-state index is 0.252. The number of carbonyl (C=O) groups is 2. The fourth-order valence-corrected chi connectivity index (χ4v) is 3.21. The first-order valence-corrected chi connectivity index (χ1v) is 9.10. The Hall–Kier alpha value is -3.61. The molecule has 2 heterocycles. The monoisotopic (exact) mass is 376 g/mol. The number of hydrogen-bond donors (Lipinski definition) is 2. The second-order valence-corrected chi connectivity index (χ2v) is 6.51. The topological polar surface area (TPSA) is 85.2 Å². The number of hydrogen-bond acceptors (Lipinski definition) is 4. The molecule has 0 bridgehead atoms. The predicted molar refractivity (Wildman–Crippen MR) is 104 cm³/mol. The first-order chi connectivity index (χ1) is 13.7. The predicted octanol–water partition coefficient (Wildman–Crippen LogP) is 2.51. The Morgan fingerprint density at radius 1 is 1.04 bits per heavy atom. The summed E-state index contributed by atoms with van der Waals surface area (Å²) in [6.45, 7) is 0.992. The second kappa shape index (κ2) is 7.96. The van der Waals surface area contributed by atoms with Gasteiger partial charge in [-0.25, -0.2) is 4.68 Å². The Kier molecular flexibility index (Phi) is 5.05. The van der Waals surface area contributed by atoms with Gasteiger partial charge in [-0.05, 0) is 11.6 Å². The second-order valence-electron chi connectivity index (χ2n) is 6.51. The van der Waals surface area contributed by atoms with Crippen molar-refractivity contribution in [1.82, 2.24) is 15.1 Å². The van der Waals surface area contributed by atoms with Crippen LogP contribution in [-0.2, 0) is 16.1 Å². The average molecular weight is 376 g/mol. The van der Waals surface area contributed by atoms with Crippen LogP contribution in [0, 0.1) is 0 Å². The molecule has 1 aliphatic rings. The molecular formula is C21H20N4O3. The zero-order chi connectivity index (χ0) is 19.3. The van der Waals surface area contributed by atoms with Gasteiger partial charge in [0.15, 0.2) is 0 Å². The molecule has 0 fully saturated rings. The zero-order valence-electron chi connectivity index (χ0n) is 15.2. The van der Waals surface area contributed by atoms with Crippen LogP contribution < -0.4 is 15.4 Å². The largest absolute Gasteiger partial charge is 0.493 e. The standard InChI is InChI=1S/C21H20N4O3/c26-20(23-17-11-13-28-18-9-5-4-8-16(17)18)21(27)24-19-10-12-22-25(19)14-15-6-2-1-3-7-15/h1-10,12,17H,11,13-14H2,(H,23,26)(H,24,27)/t17-/m1/s1. The summed E-state index contributed by atoms with van der Waals surface area (Å²) >= 11 is 0. The van der Waals surface area contributed by atoms with Gasteiger partial charge in [-0.1, -0.05) is 48.5 Å². The number of rotatable bonds is 4. The molecule has 2 aromatic carbocycles. The molecule has 1 atom stereocenters. The molecule has 28 heavy (non-hydrogen) atoms. The molecule has 0 radical (unpaired) electrons. The summed E-state index contributed by atoms with van der Waals surface area (Å²) in [5.74, 6) is -0.204. The molecule has 0 unspecified atom stereocenters. The van der Waals surface area contributed by atoms with Gasteiger partial charge < -0.3 is 15.4 Å². The smallest absolute Gasteiger partial charge is 0.314 e. The lowest BCUT2D eigenvalue weighted by Crippen LogP contribution is -2.39. The van der Waals surface area contributed by atoms with Crippen molar-refractivity contribution in [3.8, 4) is 5.75 Å². The van der Waals surface area contributed by atoms with E-state index in [1.807, 2.05) is 54.6 Å². The van der Waals surface area contributed by atoms with Gasteiger partial charge in [-0.3, -0.25) is 9.59 Å². The third-order valence-corrected chi connectivity index (χ3v) is 4.60. The molecule has 0 saturated carbocycles. The van der Waals surface area contributed by atoms with E-state index in [-0.39, 0.29) is 6.04 Å². The molecule has 1 aromatic heterocycles. The summed E-state index contributed by atoms with van der Waals surface area (Å²) in [7, 11) is 0. The number of ether oxygens (including phenoxy) is 1. The van der Waals surface area contributed by atoms with Gasteiger partial charge >= 0.3 is 11.8 Å². The lowest BCUT2D eigenvalue weighted by atomic mass is 10.0. The number of carbonyl (C=O) groups excluding carboxylic acids is 2. The van der Waals surface area contributed by atoms with Crippen LogP contribution in [0.1, 0.15) is 23.6 Å². The minimum atomic E-state index is -0.723. The van der Waals surface area contributed by atoms with Crippen LogP contribution in [0.5, 0.6) is 5.75 Å². The van der Waals surface area contributed by atoms with Gasteiger partial charge in [0.1, 0.15) is 11.6 Å². The zero-order valence-corrected chi connectivity index (χ0v) is 15.2. The number of benzene rings is 2.